The highest BCUT2D eigenvalue weighted by atomic mass is 32.2. The van der Waals surface area contributed by atoms with Crippen LogP contribution in [0.15, 0.2) is 52.3 Å². The molecular formula is C20H19N3O4S3. The van der Waals surface area contributed by atoms with Crippen molar-refractivity contribution in [1.82, 2.24) is 0 Å². The highest BCUT2D eigenvalue weighted by Gasteiger charge is 2.33. The van der Waals surface area contributed by atoms with Gasteiger partial charge < -0.3 is 10.0 Å². The van der Waals surface area contributed by atoms with Crippen LogP contribution < -0.4 is 9.80 Å². The summed E-state index contributed by atoms with van der Waals surface area (Å²) in [4.78, 5) is 28.2. The van der Waals surface area contributed by atoms with Crippen molar-refractivity contribution in [3.63, 3.8) is 0 Å². The molecule has 1 N–H and O–H groups in total. The van der Waals surface area contributed by atoms with Crippen LogP contribution in [0.3, 0.4) is 0 Å². The predicted molar refractivity (Wildman–Crippen MR) is 127 cm³/mol. The number of carbonyl (C=O) groups excluding carboxylic acids is 1. The van der Waals surface area contributed by atoms with Gasteiger partial charge in [0, 0.05) is 31.6 Å². The highest BCUT2D eigenvalue weighted by molar-refractivity contribution is 8.27. The third-order valence-electron chi connectivity index (χ3n) is 4.24. The lowest BCUT2D eigenvalue weighted by molar-refractivity contribution is -0.387. The summed E-state index contributed by atoms with van der Waals surface area (Å²) in [6.45, 7) is -0.0679. The van der Waals surface area contributed by atoms with E-state index in [0.29, 0.717) is 31.1 Å². The van der Waals surface area contributed by atoms with Crippen molar-refractivity contribution in [2.24, 2.45) is 0 Å². The van der Waals surface area contributed by atoms with Crippen molar-refractivity contribution in [2.75, 3.05) is 36.3 Å². The van der Waals surface area contributed by atoms with Crippen molar-refractivity contribution < 1.29 is 14.8 Å². The summed E-state index contributed by atoms with van der Waals surface area (Å²) in [5, 5.41) is 20.4. The van der Waals surface area contributed by atoms with Crippen LogP contribution in [0, 0.1) is 10.1 Å². The fraction of sp³-hybridized carbons (Fsp3) is 0.200. The first-order valence-electron chi connectivity index (χ1n) is 8.89. The maximum atomic E-state index is 12.9. The van der Waals surface area contributed by atoms with Gasteiger partial charge in [0.25, 0.3) is 11.6 Å². The summed E-state index contributed by atoms with van der Waals surface area (Å²) in [7, 11) is 3.87. The van der Waals surface area contributed by atoms with E-state index < -0.39 is 4.92 Å². The van der Waals surface area contributed by atoms with Crippen LogP contribution in [0.2, 0.25) is 0 Å². The number of aliphatic hydroxyl groups is 1. The van der Waals surface area contributed by atoms with Gasteiger partial charge in [0.15, 0.2) is 4.32 Å². The van der Waals surface area contributed by atoms with Crippen LogP contribution in [0.5, 0.6) is 0 Å². The van der Waals surface area contributed by atoms with E-state index in [-0.39, 0.29) is 18.2 Å². The molecule has 0 spiro atoms. The molecule has 1 aliphatic rings. The summed E-state index contributed by atoms with van der Waals surface area (Å²) < 4.78 is 0.411. The summed E-state index contributed by atoms with van der Waals surface area (Å²) in [5.41, 5.74) is 2.16. The average Bonchev–Trinajstić information content (AvgIpc) is 2.99. The first-order valence-corrected chi connectivity index (χ1v) is 11.1. The molecule has 2 aromatic carbocycles. The number of hydrogen-bond donors (Lipinski definition) is 1. The minimum Gasteiger partial charge on any atom is -0.396 e. The average molecular weight is 462 g/mol. The van der Waals surface area contributed by atoms with Gasteiger partial charge in [-0.1, -0.05) is 30.0 Å². The Morgan fingerprint density at radius 2 is 1.97 bits per heavy atom. The predicted octanol–water partition coefficient (Wildman–Crippen LogP) is 4.15. The second-order valence-corrected chi connectivity index (χ2v) is 9.30. The van der Waals surface area contributed by atoms with Gasteiger partial charge in [0.2, 0.25) is 0 Å². The number of thioether (sulfide) groups is 2. The van der Waals surface area contributed by atoms with Gasteiger partial charge in [-0.25, -0.2) is 0 Å². The summed E-state index contributed by atoms with van der Waals surface area (Å²) in [6.07, 6.45) is 1.61. The van der Waals surface area contributed by atoms with Crippen molar-refractivity contribution in [3.8, 4) is 0 Å². The molecule has 0 bridgehead atoms. The molecule has 0 unspecified atom stereocenters. The summed E-state index contributed by atoms with van der Waals surface area (Å²) in [5.74, 6) is 0.106. The maximum Gasteiger partial charge on any atom is 0.283 e. The number of aliphatic hydroxyl groups excluding tert-OH is 1. The lowest BCUT2D eigenvalue weighted by atomic mass is 10.2. The number of benzene rings is 2. The normalized spacial score (nSPS) is 15.2. The van der Waals surface area contributed by atoms with Crippen LogP contribution in [-0.2, 0) is 4.79 Å². The van der Waals surface area contributed by atoms with E-state index in [1.54, 1.807) is 18.2 Å². The van der Waals surface area contributed by atoms with Gasteiger partial charge >= 0.3 is 0 Å². The maximum absolute atomic E-state index is 12.9. The smallest absolute Gasteiger partial charge is 0.283 e. The molecule has 1 fully saturated rings. The molecule has 0 saturated carbocycles. The minimum atomic E-state index is -0.464. The number of thiocarbonyl (C=S) groups is 1. The third-order valence-corrected chi connectivity index (χ3v) is 6.59. The van der Waals surface area contributed by atoms with Crippen molar-refractivity contribution in [1.29, 1.82) is 0 Å². The molecule has 7 nitrogen and oxygen atoms in total. The molecule has 1 amide bonds. The van der Waals surface area contributed by atoms with Crippen LogP contribution in [0.4, 0.5) is 17.1 Å². The Morgan fingerprint density at radius 1 is 1.27 bits per heavy atom. The summed E-state index contributed by atoms with van der Waals surface area (Å²) in [6, 6.07) is 12.3. The zero-order valence-electron chi connectivity index (χ0n) is 16.3. The van der Waals surface area contributed by atoms with Gasteiger partial charge in [0.1, 0.15) is 0 Å². The van der Waals surface area contributed by atoms with Gasteiger partial charge in [-0.2, -0.15) is 0 Å². The molecule has 0 aliphatic carbocycles. The number of amides is 1. The molecule has 1 aliphatic heterocycles. The minimum absolute atomic E-state index is 0.0584. The molecule has 2 aromatic rings. The van der Waals surface area contributed by atoms with E-state index in [4.69, 9.17) is 17.3 Å². The molecule has 30 heavy (non-hydrogen) atoms. The van der Waals surface area contributed by atoms with Crippen LogP contribution in [-0.4, -0.2) is 46.7 Å². The number of nitrogens with zero attached hydrogens (tertiary/aromatic N) is 3. The van der Waals surface area contributed by atoms with Crippen LogP contribution >= 0.6 is 35.7 Å². The van der Waals surface area contributed by atoms with E-state index >= 15 is 0 Å². The molecule has 0 aromatic heterocycles. The molecule has 1 heterocycles. The Hall–Kier alpha value is -2.40. The van der Waals surface area contributed by atoms with E-state index in [0.717, 1.165) is 17.4 Å². The Bertz CT molecular complexity index is 1020. The Labute approximate surface area is 187 Å². The van der Waals surface area contributed by atoms with E-state index in [1.165, 1.54) is 22.7 Å². The number of carbonyl (C=O) groups is 1. The molecule has 10 heteroatoms. The van der Waals surface area contributed by atoms with E-state index in [2.05, 4.69) is 0 Å². The van der Waals surface area contributed by atoms with Crippen LogP contribution in [0.1, 0.15) is 5.56 Å². The second kappa shape index (κ2) is 9.61. The SMILES string of the molecule is CN(C)c1ccc(N2C(=O)/C(=C/c3ccc(SCCO)c([N+](=O)[O-])c3)SC2=S)cc1. The van der Waals surface area contributed by atoms with Crippen molar-refractivity contribution in [2.45, 2.75) is 4.90 Å². The monoisotopic (exact) mass is 461 g/mol. The largest absolute Gasteiger partial charge is 0.396 e. The van der Waals surface area contributed by atoms with Gasteiger partial charge in [-0.05, 0) is 42.0 Å². The Kier molecular flexibility index (Phi) is 7.14. The highest BCUT2D eigenvalue weighted by Crippen LogP contribution is 2.37. The standard InChI is InChI=1S/C20H19N3O4S3/c1-21(2)14-4-6-15(7-5-14)22-19(25)18(30-20(22)28)12-13-3-8-17(29-10-9-24)16(11-13)23(26)27/h3-8,11-12,24H,9-10H2,1-2H3/b18-12-. The first-order chi connectivity index (χ1) is 14.3. The van der Waals surface area contributed by atoms with Crippen molar-refractivity contribution >= 4 is 69.1 Å². The van der Waals surface area contributed by atoms with Gasteiger partial charge in [-0.3, -0.25) is 19.8 Å². The fourth-order valence-corrected chi connectivity index (χ4v) is 4.84. The first kappa shape index (κ1) is 22.3. The van der Waals surface area contributed by atoms with Gasteiger partial charge in [-0.15, -0.1) is 11.8 Å². The zero-order valence-corrected chi connectivity index (χ0v) is 18.7. The number of nitro groups is 1. The summed E-state index contributed by atoms with van der Waals surface area (Å²) >= 11 is 7.77. The molecule has 0 atom stereocenters. The topological polar surface area (TPSA) is 86.9 Å². The molecular weight excluding hydrogens is 442 g/mol. The van der Waals surface area contributed by atoms with Crippen LogP contribution in [0.25, 0.3) is 6.08 Å². The molecule has 3 rings (SSSR count). The molecule has 1 saturated heterocycles. The van der Waals surface area contributed by atoms with Crippen molar-refractivity contribution in [3.05, 3.63) is 63.0 Å². The Balaban J connectivity index is 1.88. The number of rotatable bonds is 7. The second-order valence-electron chi connectivity index (χ2n) is 6.48. The lowest BCUT2D eigenvalue weighted by Crippen LogP contribution is -2.27. The van der Waals surface area contributed by atoms with Gasteiger partial charge in [0.05, 0.1) is 27.0 Å². The lowest BCUT2D eigenvalue weighted by Gasteiger charge is -2.17. The third kappa shape index (κ3) is 4.84. The Morgan fingerprint density at radius 3 is 2.57 bits per heavy atom. The number of nitro benzene ring substituents is 1. The van der Waals surface area contributed by atoms with E-state index in [9.17, 15) is 14.9 Å². The zero-order chi connectivity index (χ0) is 21.8. The quantitative estimate of drug-likeness (QED) is 0.216. The van der Waals surface area contributed by atoms with E-state index in [1.807, 2.05) is 43.3 Å². The molecule has 156 valence electrons. The fourth-order valence-electron chi connectivity index (χ4n) is 2.79. The number of anilines is 2. The molecule has 0 radical (unpaired) electrons. The number of hydrogen-bond acceptors (Lipinski definition) is 8.